The van der Waals surface area contributed by atoms with E-state index in [9.17, 15) is 19.8 Å². The fraction of sp³-hybridized carbons (Fsp3) is 0. The molecule has 0 spiro atoms. The summed E-state index contributed by atoms with van der Waals surface area (Å²) in [7, 11) is 0. The zero-order valence-corrected chi connectivity index (χ0v) is 11.4. The van der Waals surface area contributed by atoms with Gasteiger partial charge in [-0.05, 0) is 48.5 Å². The molecule has 6 nitrogen and oxygen atoms in total. The van der Waals surface area contributed by atoms with Crippen LogP contribution in [0.4, 0.5) is 11.4 Å². The number of carboxylic acid groups (broad SMARTS) is 1. The van der Waals surface area contributed by atoms with Gasteiger partial charge >= 0.3 is 5.97 Å². The maximum absolute atomic E-state index is 12.3. The van der Waals surface area contributed by atoms with E-state index in [4.69, 9.17) is 5.11 Å². The van der Waals surface area contributed by atoms with Crippen molar-refractivity contribution >= 4 is 23.3 Å². The van der Waals surface area contributed by atoms with Gasteiger partial charge in [-0.3, -0.25) is 9.69 Å². The Kier molecular flexibility index (Phi) is 4.43. The molecule has 2 rings (SSSR count). The minimum atomic E-state index is -1.23. The van der Waals surface area contributed by atoms with Crippen molar-refractivity contribution in [3.63, 3.8) is 0 Å². The minimum Gasteiger partial charge on any atom is -0.508 e. The minimum absolute atomic E-state index is 0.0444. The first-order valence-corrected chi connectivity index (χ1v) is 6.30. The second-order valence-electron chi connectivity index (χ2n) is 4.38. The monoisotopic (exact) mass is 299 g/mol. The highest BCUT2D eigenvalue weighted by molar-refractivity contribution is 6.08. The van der Waals surface area contributed by atoms with E-state index in [2.05, 4.69) is 0 Å². The Hall–Kier alpha value is -3.28. The van der Waals surface area contributed by atoms with Crippen LogP contribution in [0, 0.1) is 0 Å². The molecule has 0 saturated carbocycles. The number of aliphatic carboxylic acids is 1. The summed E-state index contributed by atoms with van der Waals surface area (Å²) in [5.74, 6) is -1.71. The molecule has 0 heterocycles. The second kappa shape index (κ2) is 6.45. The Bertz CT molecular complexity index is 659. The molecule has 0 unspecified atom stereocenters. The molecule has 3 N–H and O–H groups in total. The molecule has 0 fully saturated rings. The van der Waals surface area contributed by atoms with Gasteiger partial charge in [-0.1, -0.05) is 0 Å². The van der Waals surface area contributed by atoms with Gasteiger partial charge in [0.15, 0.2) is 0 Å². The van der Waals surface area contributed by atoms with Gasteiger partial charge in [0.1, 0.15) is 11.5 Å². The largest absolute Gasteiger partial charge is 0.508 e. The lowest BCUT2D eigenvalue weighted by Gasteiger charge is -2.21. The SMILES string of the molecule is O=C(O)/C=C\C(=O)N(c1ccc(O)cc1)c1ccc(O)cc1. The van der Waals surface area contributed by atoms with Crippen LogP contribution in [0.2, 0.25) is 0 Å². The molecule has 0 saturated heterocycles. The Balaban J connectivity index is 2.44. The van der Waals surface area contributed by atoms with Crippen LogP contribution in [-0.4, -0.2) is 27.2 Å². The van der Waals surface area contributed by atoms with Gasteiger partial charge < -0.3 is 15.3 Å². The van der Waals surface area contributed by atoms with Gasteiger partial charge in [0, 0.05) is 23.5 Å². The number of phenolic OH excluding ortho intramolecular Hbond substituents is 2. The Morgan fingerprint density at radius 1 is 0.773 bits per heavy atom. The Morgan fingerprint density at radius 3 is 1.55 bits per heavy atom. The molecule has 0 aromatic heterocycles. The summed E-state index contributed by atoms with van der Waals surface area (Å²) in [6, 6.07) is 11.7. The fourth-order valence-corrected chi connectivity index (χ4v) is 1.82. The number of carboxylic acids is 1. The van der Waals surface area contributed by atoms with E-state index in [0.717, 1.165) is 12.2 Å². The van der Waals surface area contributed by atoms with Crippen LogP contribution in [0.1, 0.15) is 0 Å². The number of rotatable bonds is 4. The summed E-state index contributed by atoms with van der Waals surface area (Å²) in [5, 5.41) is 27.3. The van der Waals surface area contributed by atoms with Crippen molar-refractivity contribution < 1.29 is 24.9 Å². The molecule has 112 valence electrons. The zero-order chi connectivity index (χ0) is 16.1. The molecule has 0 atom stereocenters. The van der Waals surface area contributed by atoms with E-state index in [0.29, 0.717) is 11.4 Å². The number of hydrogen-bond donors (Lipinski definition) is 3. The number of carbonyl (C=O) groups excluding carboxylic acids is 1. The van der Waals surface area contributed by atoms with Gasteiger partial charge in [0.05, 0.1) is 0 Å². The lowest BCUT2D eigenvalue weighted by Crippen LogP contribution is -2.23. The quantitative estimate of drug-likeness (QED) is 0.753. The number of hydrogen-bond acceptors (Lipinski definition) is 4. The molecule has 0 aliphatic heterocycles. The Morgan fingerprint density at radius 2 is 1.18 bits per heavy atom. The summed E-state index contributed by atoms with van der Waals surface area (Å²) in [5.41, 5.74) is 0.895. The van der Waals surface area contributed by atoms with Gasteiger partial charge in [0.25, 0.3) is 5.91 Å². The van der Waals surface area contributed by atoms with E-state index in [1.54, 1.807) is 0 Å². The average Bonchev–Trinajstić information content (AvgIpc) is 2.49. The summed E-state index contributed by atoms with van der Waals surface area (Å²) in [6.07, 6.45) is 1.68. The normalized spacial score (nSPS) is 10.5. The van der Waals surface area contributed by atoms with Crippen molar-refractivity contribution in [1.82, 2.24) is 0 Å². The number of phenols is 2. The lowest BCUT2D eigenvalue weighted by molar-refractivity contribution is -0.131. The van der Waals surface area contributed by atoms with Crippen molar-refractivity contribution in [3.05, 3.63) is 60.7 Å². The van der Waals surface area contributed by atoms with E-state index in [1.165, 1.54) is 53.4 Å². The third-order valence-corrected chi connectivity index (χ3v) is 2.80. The van der Waals surface area contributed by atoms with Gasteiger partial charge in [0.2, 0.25) is 0 Å². The van der Waals surface area contributed by atoms with Crippen LogP contribution < -0.4 is 4.90 Å². The van der Waals surface area contributed by atoms with Crippen molar-refractivity contribution in [2.24, 2.45) is 0 Å². The number of aromatic hydroxyl groups is 2. The number of anilines is 2. The molecule has 0 radical (unpaired) electrons. The third-order valence-electron chi connectivity index (χ3n) is 2.80. The Labute approximate surface area is 126 Å². The predicted molar refractivity (Wildman–Crippen MR) is 80.1 cm³/mol. The molecule has 0 bridgehead atoms. The lowest BCUT2D eigenvalue weighted by atomic mass is 10.2. The number of amides is 1. The summed E-state index contributed by atoms with van der Waals surface area (Å²) in [6.45, 7) is 0. The maximum atomic E-state index is 12.3. The van der Waals surface area contributed by atoms with Crippen LogP contribution in [0.15, 0.2) is 60.7 Å². The highest BCUT2D eigenvalue weighted by atomic mass is 16.4. The third kappa shape index (κ3) is 3.63. The molecule has 1 amide bonds. The first-order valence-electron chi connectivity index (χ1n) is 6.30. The summed E-state index contributed by atoms with van der Waals surface area (Å²) in [4.78, 5) is 24.1. The number of carbonyl (C=O) groups is 2. The molecule has 22 heavy (non-hydrogen) atoms. The highest BCUT2D eigenvalue weighted by Gasteiger charge is 2.16. The van der Waals surface area contributed by atoms with Crippen molar-refractivity contribution in [2.75, 3.05) is 4.90 Å². The van der Waals surface area contributed by atoms with Crippen molar-refractivity contribution in [1.29, 1.82) is 0 Å². The number of benzene rings is 2. The molecule has 0 aliphatic rings. The van der Waals surface area contributed by atoms with Crippen LogP contribution in [0.5, 0.6) is 11.5 Å². The molecule has 2 aromatic carbocycles. The van der Waals surface area contributed by atoms with Crippen molar-refractivity contribution in [2.45, 2.75) is 0 Å². The van der Waals surface area contributed by atoms with E-state index < -0.39 is 11.9 Å². The second-order valence-corrected chi connectivity index (χ2v) is 4.38. The van der Waals surface area contributed by atoms with Crippen molar-refractivity contribution in [3.8, 4) is 11.5 Å². The van der Waals surface area contributed by atoms with E-state index in [1.807, 2.05) is 0 Å². The van der Waals surface area contributed by atoms with Crippen LogP contribution in [-0.2, 0) is 9.59 Å². The van der Waals surface area contributed by atoms with Crippen LogP contribution >= 0.6 is 0 Å². The van der Waals surface area contributed by atoms with Crippen LogP contribution in [0.3, 0.4) is 0 Å². The fourth-order valence-electron chi connectivity index (χ4n) is 1.82. The standard InChI is InChI=1S/C16H13NO5/c18-13-5-1-11(2-6-13)17(15(20)9-10-16(21)22)12-3-7-14(19)8-4-12/h1-10,18-19H,(H,21,22)/b10-9-. The molecular weight excluding hydrogens is 286 g/mol. The molecule has 0 aliphatic carbocycles. The average molecular weight is 299 g/mol. The molecule has 2 aromatic rings. The zero-order valence-electron chi connectivity index (χ0n) is 11.4. The summed E-state index contributed by atoms with van der Waals surface area (Å²) >= 11 is 0. The van der Waals surface area contributed by atoms with Crippen LogP contribution in [0.25, 0.3) is 0 Å². The molecule has 6 heteroatoms. The topological polar surface area (TPSA) is 98.1 Å². The smallest absolute Gasteiger partial charge is 0.328 e. The van der Waals surface area contributed by atoms with Gasteiger partial charge in [-0.15, -0.1) is 0 Å². The first-order chi connectivity index (χ1) is 10.5. The molecular formula is C16H13NO5. The summed E-state index contributed by atoms with van der Waals surface area (Å²) < 4.78 is 0. The van der Waals surface area contributed by atoms with Gasteiger partial charge in [-0.25, -0.2) is 4.79 Å². The van der Waals surface area contributed by atoms with E-state index >= 15 is 0 Å². The predicted octanol–water partition coefficient (Wildman–Crippen LogP) is 2.40. The van der Waals surface area contributed by atoms with Gasteiger partial charge in [-0.2, -0.15) is 0 Å². The number of nitrogens with zero attached hydrogens (tertiary/aromatic N) is 1. The highest BCUT2D eigenvalue weighted by Crippen LogP contribution is 2.28. The van der Waals surface area contributed by atoms with E-state index in [-0.39, 0.29) is 11.5 Å². The maximum Gasteiger partial charge on any atom is 0.328 e. The first kappa shape index (κ1) is 15.1.